The summed E-state index contributed by atoms with van der Waals surface area (Å²) in [5.74, 6) is 0.271. The topological polar surface area (TPSA) is 55.8 Å². The van der Waals surface area contributed by atoms with Crippen LogP contribution >= 0.6 is 27.5 Å². The number of halogens is 2. The van der Waals surface area contributed by atoms with Gasteiger partial charge in [0.05, 0.1) is 6.61 Å². The zero-order valence-corrected chi connectivity index (χ0v) is 26.2. The second-order valence-electron chi connectivity index (χ2n) is 12.7. The molecule has 0 aromatic heterocycles. The Kier molecular flexibility index (Phi) is 8.08. The first-order valence-corrected chi connectivity index (χ1v) is 15.0. The zero-order valence-electron chi connectivity index (χ0n) is 23.9. The molecule has 0 bridgehead atoms. The fraction of sp³-hybridized carbons (Fsp3) is 0.455. The Morgan fingerprint density at radius 1 is 0.925 bits per heavy atom. The monoisotopic (exact) mass is 625 g/mol. The molecule has 2 aromatic rings. The number of carbonyl (C=O) groups is 2. The van der Waals surface area contributed by atoms with E-state index < -0.39 is 5.92 Å². The summed E-state index contributed by atoms with van der Waals surface area (Å²) in [5.41, 5.74) is 4.81. The van der Waals surface area contributed by atoms with Gasteiger partial charge in [-0.3, -0.25) is 9.59 Å². The van der Waals surface area contributed by atoms with Gasteiger partial charge in [0.2, 0.25) is 0 Å². The van der Waals surface area contributed by atoms with Gasteiger partial charge in [0.1, 0.15) is 12.4 Å². The Labute approximate surface area is 250 Å². The Morgan fingerprint density at radius 3 is 2.10 bits per heavy atom. The second-order valence-corrected chi connectivity index (χ2v) is 14.0. The van der Waals surface area contributed by atoms with Crippen LogP contribution in [0.5, 0.6) is 5.75 Å². The molecule has 40 heavy (non-hydrogen) atoms. The second kappa shape index (κ2) is 11.1. The lowest BCUT2D eigenvalue weighted by molar-refractivity contribution is -0.119. The lowest BCUT2D eigenvalue weighted by Gasteiger charge is -2.49. The third-order valence-corrected chi connectivity index (χ3v) is 9.17. The van der Waals surface area contributed by atoms with E-state index in [4.69, 9.17) is 21.1 Å². The molecule has 0 spiro atoms. The molecule has 1 heterocycles. The molecule has 0 saturated carbocycles. The van der Waals surface area contributed by atoms with Gasteiger partial charge in [-0.25, -0.2) is 0 Å². The Bertz CT molecular complexity index is 1370. The van der Waals surface area contributed by atoms with Gasteiger partial charge >= 0.3 is 0 Å². The smallest absolute Gasteiger partial charge is 0.162 e. The average molecular weight is 627 g/mol. The molecule has 3 aliphatic rings. The van der Waals surface area contributed by atoms with E-state index in [0.29, 0.717) is 54.5 Å². The minimum atomic E-state index is -0.524. The Balaban J connectivity index is 1.71. The molecule has 1 aliphatic heterocycles. The molecule has 212 valence electrons. The average Bonchev–Trinajstić information content (AvgIpc) is 2.86. The Morgan fingerprint density at radius 2 is 1.52 bits per heavy atom. The van der Waals surface area contributed by atoms with Crippen LogP contribution in [0.2, 0.25) is 5.02 Å². The first-order chi connectivity index (χ1) is 18.9. The third-order valence-electron chi connectivity index (χ3n) is 8.16. The molecule has 0 atom stereocenters. The lowest BCUT2D eigenvalue weighted by atomic mass is 9.63. The number of hydrogen-bond acceptors (Lipinski definition) is 5. The number of hydrogen-bond donors (Lipinski definition) is 0. The van der Waals surface area contributed by atoms with Crippen molar-refractivity contribution in [2.75, 3.05) is 20.3 Å². The minimum Gasteiger partial charge on any atom is -0.489 e. The molecular formula is C33H37BrClNO4. The van der Waals surface area contributed by atoms with Crippen molar-refractivity contribution in [3.05, 3.63) is 85.6 Å². The molecule has 5 nitrogen and oxygen atoms in total. The number of methoxy groups -OCH3 is 1. The normalized spacial score (nSPS) is 20.5. The summed E-state index contributed by atoms with van der Waals surface area (Å²) in [7, 11) is 1.68. The van der Waals surface area contributed by atoms with Gasteiger partial charge < -0.3 is 14.4 Å². The molecular weight excluding hydrogens is 590 g/mol. The molecule has 0 fully saturated rings. The quantitative estimate of drug-likeness (QED) is 0.312. The van der Waals surface area contributed by atoms with E-state index in [1.165, 1.54) is 0 Å². The number of rotatable bonds is 7. The molecule has 0 unspecified atom stereocenters. The van der Waals surface area contributed by atoms with Gasteiger partial charge in [-0.15, -0.1) is 0 Å². The van der Waals surface area contributed by atoms with Gasteiger partial charge in [-0.1, -0.05) is 73.4 Å². The summed E-state index contributed by atoms with van der Waals surface area (Å²) in [4.78, 5) is 30.3. The summed E-state index contributed by atoms with van der Waals surface area (Å²) in [5, 5.41) is 0.543. The van der Waals surface area contributed by atoms with Crippen molar-refractivity contribution < 1.29 is 19.1 Å². The largest absolute Gasteiger partial charge is 0.489 e. The van der Waals surface area contributed by atoms with E-state index in [9.17, 15) is 9.59 Å². The van der Waals surface area contributed by atoms with Gasteiger partial charge in [-0.05, 0) is 47.9 Å². The van der Waals surface area contributed by atoms with Crippen LogP contribution in [0.25, 0.3) is 0 Å². The standard InChI is InChI=1S/C33H37BrClNO4/c1-32(2)15-24-30(26(37)17-32)29(31-25(36(24)12-13-39-5)16-33(3,4)18-27(31)38)22-14-21(35)10-11-28(22)40-19-20-8-6-7-9-23(20)34/h6-11,14,29H,12-13,15-19H2,1-5H3. The van der Waals surface area contributed by atoms with Crippen molar-refractivity contribution in [3.8, 4) is 5.75 Å². The van der Waals surface area contributed by atoms with Crippen LogP contribution in [-0.4, -0.2) is 36.7 Å². The van der Waals surface area contributed by atoms with Crippen LogP contribution in [-0.2, 0) is 20.9 Å². The number of Topliss-reactive ketones (excluding diaryl/α,β-unsaturated/α-hetero) is 2. The zero-order chi connectivity index (χ0) is 28.8. The highest BCUT2D eigenvalue weighted by molar-refractivity contribution is 9.10. The molecule has 0 amide bonds. The van der Waals surface area contributed by atoms with Crippen molar-refractivity contribution in [2.45, 2.75) is 65.9 Å². The van der Waals surface area contributed by atoms with E-state index >= 15 is 0 Å². The number of carbonyl (C=O) groups excluding carboxylic acids is 2. The lowest BCUT2D eigenvalue weighted by Crippen LogP contribution is -2.45. The first-order valence-electron chi connectivity index (χ1n) is 13.9. The van der Waals surface area contributed by atoms with E-state index in [1.54, 1.807) is 13.2 Å². The minimum absolute atomic E-state index is 0.0829. The van der Waals surface area contributed by atoms with Crippen LogP contribution in [0, 0.1) is 10.8 Å². The van der Waals surface area contributed by atoms with Crippen molar-refractivity contribution in [3.63, 3.8) is 0 Å². The fourth-order valence-electron chi connectivity index (χ4n) is 6.46. The predicted octanol–water partition coefficient (Wildman–Crippen LogP) is 8.01. The van der Waals surface area contributed by atoms with Crippen LogP contribution in [0.3, 0.4) is 0 Å². The van der Waals surface area contributed by atoms with Gasteiger partial charge in [0.15, 0.2) is 11.6 Å². The molecule has 2 aromatic carbocycles. The first kappa shape index (κ1) is 29.1. The van der Waals surface area contributed by atoms with Gasteiger partial charge in [0.25, 0.3) is 0 Å². The van der Waals surface area contributed by atoms with Crippen molar-refractivity contribution in [1.82, 2.24) is 4.90 Å². The van der Waals surface area contributed by atoms with Crippen LogP contribution < -0.4 is 4.74 Å². The number of ether oxygens (including phenoxy) is 2. The summed E-state index contributed by atoms with van der Waals surface area (Å²) < 4.78 is 12.9. The molecule has 7 heteroatoms. The highest BCUT2D eigenvalue weighted by Gasteiger charge is 2.49. The molecule has 2 aliphatic carbocycles. The predicted molar refractivity (Wildman–Crippen MR) is 161 cm³/mol. The van der Waals surface area contributed by atoms with E-state index in [2.05, 4.69) is 48.5 Å². The maximum atomic E-state index is 14.0. The SMILES string of the molecule is COCCN1C2=C(C(=O)CC(C)(C)C2)C(c2cc(Cl)ccc2OCc2ccccc2Br)C2=C1CC(C)(C)CC2=O. The molecule has 0 radical (unpaired) electrons. The third kappa shape index (κ3) is 5.68. The number of nitrogens with zero attached hydrogens (tertiary/aromatic N) is 1. The van der Waals surface area contributed by atoms with Crippen LogP contribution in [0.1, 0.15) is 70.4 Å². The summed E-state index contributed by atoms with van der Waals surface area (Å²) in [6.45, 7) is 10.00. The summed E-state index contributed by atoms with van der Waals surface area (Å²) >= 11 is 10.2. The number of ketones is 2. The number of benzene rings is 2. The van der Waals surface area contributed by atoms with E-state index in [0.717, 1.165) is 39.8 Å². The highest BCUT2D eigenvalue weighted by atomic mass is 79.9. The maximum absolute atomic E-state index is 14.0. The van der Waals surface area contributed by atoms with Crippen molar-refractivity contribution in [1.29, 1.82) is 0 Å². The molecule has 0 N–H and O–H groups in total. The Hall–Kier alpha value is -2.41. The van der Waals surface area contributed by atoms with Crippen molar-refractivity contribution in [2.24, 2.45) is 10.8 Å². The van der Waals surface area contributed by atoms with Gasteiger partial charge in [-0.2, -0.15) is 0 Å². The maximum Gasteiger partial charge on any atom is 0.162 e. The molecule has 5 rings (SSSR count). The van der Waals surface area contributed by atoms with Crippen LogP contribution in [0.15, 0.2) is 69.5 Å². The summed E-state index contributed by atoms with van der Waals surface area (Å²) in [6, 6.07) is 13.5. The summed E-state index contributed by atoms with van der Waals surface area (Å²) in [6.07, 6.45) is 2.34. The van der Waals surface area contributed by atoms with Crippen LogP contribution in [0.4, 0.5) is 0 Å². The fourth-order valence-corrected chi connectivity index (χ4v) is 7.04. The van der Waals surface area contributed by atoms with E-state index in [1.807, 2.05) is 36.4 Å². The van der Waals surface area contributed by atoms with E-state index in [-0.39, 0.29) is 22.4 Å². The highest BCUT2D eigenvalue weighted by Crippen LogP contribution is 2.55. The molecule has 0 saturated heterocycles. The van der Waals surface area contributed by atoms with Gasteiger partial charge in [0, 0.05) is 75.6 Å². The van der Waals surface area contributed by atoms with Crippen molar-refractivity contribution >= 4 is 39.1 Å². The number of allylic oxidation sites excluding steroid dienone is 4.